The van der Waals surface area contributed by atoms with Crippen LogP contribution in [0.3, 0.4) is 0 Å². The first kappa shape index (κ1) is 16.0. The van der Waals surface area contributed by atoms with Gasteiger partial charge in [0.15, 0.2) is 5.76 Å². The van der Waals surface area contributed by atoms with Crippen molar-refractivity contribution in [3.05, 3.63) is 23.2 Å². The first-order valence-electron chi connectivity index (χ1n) is 7.71. The summed E-state index contributed by atoms with van der Waals surface area (Å²) in [7, 11) is 0. The summed E-state index contributed by atoms with van der Waals surface area (Å²) >= 11 is 0. The van der Waals surface area contributed by atoms with Gasteiger partial charge in [-0.25, -0.2) is 0 Å². The average Bonchev–Trinajstić information content (AvgIpc) is 2.78. The molecule has 1 aliphatic heterocycles. The lowest BCUT2D eigenvalue weighted by atomic mass is 9.99. The first-order chi connectivity index (χ1) is 9.95. The van der Waals surface area contributed by atoms with E-state index in [0.29, 0.717) is 12.3 Å². The molecule has 2 rings (SSSR count). The van der Waals surface area contributed by atoms with E-state index in [1.165, 1.54) is 12.8 Å². The van der Waals surface area contributed by atoms with Gasteiger partial charge in [0.05, 0.1) is 6.10 Å². The monoisotopic (exact) mass is 294 g/mol. The van der Waals surface area contributed by atoms with Crippen molar-refractivity contribution in [2.24, 2.45) is 5.92 Å². The molecule has 5 nitrogen and oxygen atoms in total. The van der Waals surface area contributed by atoms with E-state index < -0.39 is 6.10 Å². The molecule has 0 bridgehead atoms. The molecule has 1 aliphatic rings. The van der Waals surface area contributed by atoms with Gasteiger partial charge in [0.2, 0.25) is 0 Å². The topological polar surface area (TPSA) is 65.7 Å². The molecule has 5 heteroatoms. The second-order valence-electron chi connectivity index (χ2n) is 6.22. The fourth-order valence-electron chi connectivity index (χ4n) is 2.76. The minimum Gasteiger partial charge on any atom is -0.456 e. The fraction of sp³-hybridized carbons (Fsp3) is 0.688. The third-order valence-corrected chi connectivity index (χ3v) is 4.09. The molecule has 118 valence electrons. The average molecular weight is 294 g/mol. The Morgan fingerprint density at radius 3 is 2.71 bits per heavy atom. The maximum atomic E-state index is 12.0. The van der Waals surface area contributed by atoms with Crippen molar-refractivity contribution in [2.45, 2.75) is 39.7 Å². The van der Waals surface area contributed by atoms with Crippen LogP contribution in [-0.2, 0) is 0 Å². The van der Waals surface area contributed by atoms with Crippen LogP contribution >= 0.6 is 0 Å². The molecule has 0 aliphatic carbocycles. The molecule has 1 saturated heterocycles. The zero-order valence-corrected chi connectivity index (χ0v) is 13.2. The van der Waals surface area contributed by atoms with Crippen LogP contribution in [0.25, 0.3) is 0 Å². The molecule has 21 heavy (non-hydrogen) atoms. The van der Waals surface area contributed by atoms with Crippen LogP contribution in [0.5, 0.6) is 0 Å². The number of aliphatic hydroxyl groups excluding tert-OH is 1. The zero-order chi connectivity index (χ0) is 15.4. The fourth-order valence-corrected chi connectivity index (χ4v) is 2.76. The summed E-state index contributed by atoms with van der Waals surface area (Å²) < 4.78 is 5.37. The summed E-state index contributed by atoms with van der Waals surface area (Å²) in [5.41, 5.74) is 0.824. The highest BCUT2D eigenvalue weighted by Gasteiger charge is 2.20. The number of carbonyl (C=O) groups excluding carboxylic acids is 1. The number of hydrogen-bond acceptors (Lipinski definition) is 4. The minimum atomic E-state index is -0.543. The predicted octanol–water partition coefficient (Wildman–Crippen LogP) is 1.72. The number of aliphatic hydroxyl groups is 1. The van der Waals surface area contributed by atoms with Gasteiger partial charge in [0, 0.05) is 18.7 Å². The molecule has 1 aromatic heterocycles. The molecular formula is C16H26N2O3. The number of hydrogen-bond donors (Lipinski definition) is 2. The normalized spacial score (nSPS) is 18.7. The molecule has 2 heterocycles. The standard InChI is InChI=1S/C16H26N2O3/c1-11-4-6-18(7-5-11)10-14(19)9-17-16(20)15-12(2)8-13(3)21-15/h8,11,14,19H,4-7,9-10H2,1-3H3,(H,17,20). The number of aryl methyl sites for hydroxylation is 2. The first-order valence-corrected chi connectivity index (χ1v) is 7.71. The Labute approximate surface area is 126 Å². The molecule has 2 N–H and O–H groups in total. The summed E-state index contributed by atoms with van der Waals surface area (Å²) in [6, 6.07) is 1.83. The van der Waals surface area contributed by atoms with Crippen molar-refractivity contribution in [2.75, 3.05) is 26.2 Å². The van der Waals surface area contributed by atoms with Crippen LogP contribution in [0.1, 0.15) is 41.6 Å². The Morgan fingerprint density at radius 2 is 2.14 bits per heavy atom. The largest absolute Gasteiger partial charge is 0.456 e. The van der Waals surface area contributed by atoms with Gasteiger partial charge < -0.3 is 19.7 Å². The van der Waals surface area contributed by atoms with Crippen LogP contribution in [0.4, 0.5) is 0 Å². The lowest BCUT2D eigenvalue weighted by Crippen LogP contribution is -2.43. The number of furan rings is 1. The molecule has 1 fully saturated rings. The van der Waals surface area contributed by atoms with Crippen LogP contribution in [0, 0.1) is 19.8 Å². The predicted molar refractivity (Wildman–Crippen MR) is 81.4 cm³/mol. The molecule has 0 radical (unpaired) electrons. The van der Waals surface area contributed by atoms with Crippen LogP contribution in [0.15, 0.2) is 10.5 Å². The van der Waals surface area contributed by atoms with Crippen molar-refractivity contribution in [3.8, 4) is 0 Å². The Hall–Kier alpha value is -1.33. The maximum Gasteiger partial charge on any atom is 0.287 e. The van der Waals surface area contributed by atoms with Crippen LogP contribution in [-0.4, -0.2) is 48.2 Å². The number of piperidine rings is 1. The number of rotatable bonds is 5. The number of amides is 1. The van der Waals surface area contributed by atoms with Gasteiger partial charge in [0.1, 0.15) is 5.76 Å². The SMILES string of the molecule is Cc1cc(C)c(C(=O)NCC(O)CN2CCC(C)CC2)o1. The van der Waals surface area contributed by atoms with E-state index in [-0.39, 0.29) is 12.5 Å². The van der Waals surface area contributed by atoms with Gasteiger partial charge in [-0.2, -0.15) is 0 Å². The molecule has 0 aromatic carbocycles. The quantitative estimate of drug-likeness (QED) is 0.868. The Morgan fingerprint density at radius 1 is 1.48 bits per heavy atom. The van der Waals surface area contributed by atoms with E-state index in [4.69, 9.17) is 4.42 Å². The molecular weight excluding hydrogens is 268 g/mol. The van der Waals surface area contributed by atoms with E-state index in [0.717, 1.165) is 30.3 Å². The van der Waals surface area contributed by atoms with Gasteiger partial charge in [0.25, 0.3) is 5.91 Å². The molecule has 0 spiro atoms. The third-order valence-electron chi connectivity index (χ3n) is 4.09. The second kappa shape index (κ2) is 7.09. The van der Waals surface area contributed by atoms with Gasteiger partial charge in [-0.05, 0) is 51.8 Å². The van der Waals surface area contributed by atoms with Gasteiger partial charge in [-0.1, -0.05) is 6.92 Å². The van der Waals surface area contributed by atoms with Crippen LogP contribution < -0.4 is 5.32 Å². The number of carbonyl (C=O) groups is 1. The van der Waals surface area contributed by atoms with E-state index >= 15 is 0 Å². The number of β-amino-alcohol motifs (C(OH)–C–C–N with tert-alkyl or cyclic N) is 1. The summed E-state index contributed by atoms with van der Waals surface area (Å²) in [5.74, 6) is 1.59. The van der Waals surface area contributed by atoms with E-state index in [1.807, 2.05) is 19.9 Å². The zero-order valence-electron chi connectivity index (χ0n) is 13.2. The highest BCUT2D eigenvalue weighted by atomic mass is 16.3. The van der Waals surface area contributed by atoms with Gasteiger partial charge >= 0.3 is 0 Å². The van der Waals surface area contributed by atoms with Crippen molar-refractivity contribution in [1.29, 1.82) is 0 Å². The lowest BCUT2D eigenvalue weighted by molar-refractivity contribution is 0.0778. The Bertz CT molecular complexity index is 476. The number of nitrogens with zero attached hydrogens (tertiary/aromatic N) is 1. The van der Waals surface area contributed by atoms with Gasteiger partial charge in [-0.15, -0.1) is 0 Å². The Kier molecular flexibility index (Phi) is 5.42. The van der Waals surface area contributed by atoms with Crippen molar-refractivity contribution < 1.29 is 14.3 Å². The smallest absolute Gasteiger partial charge is 0.287 e. The van der Waals surface area contributed by atoms with E-state index in [1.54, 1.807) is 0 Å². The maximum absolute atomic E-state index is 12.0. The molecule has 0 saturated carbocycles. The van der Waals surface area contributed by atoms with E-state index in [9.17, 15) is 9.90 Å². The minimum absolute atomic E-state index is 0.254. The molecule has 1 atom stereocenters. The van der Waals surface area contributed by atoms with Crippen molar-refractivity contribution in [1.82, 2.24) is 10.2 Å². The summed E-state index contributed by atoms with van der Waals surface area (Å²) in [5, 5.41) is 12.8. The lowest BCUT2D eigenvalue weighted by Gasteiger charge is -2.31. The van der Waals surface area contributed by atoms with E-state index in [2.05, 4.69) is 17.1 Å². The van der Waals surface area contributed by atoms with Gasteiger partial charge in [-0.3, -0.25) is 4.79 Å². The van der Waals surface area contributed by atoms with Crippen molar-refractivity contribution >= 4 is 5.91 Å². The number of nitrogens with one attached hydrogen (secondary N) is 1. The second-order valence-corrected chi connectivity index (χ2v) is 6.22. The Balaban J connectivity index is 1.74. The summed E-state index contributed by atoms with van der Waals surface area (Å²) in [6.07, 6.45) is 1.83. The molecule has 1 unspecified atom stereocenters. The number of likely N-dealkylation sites (tertiary alicyclic amines) is 1. The van der Waals surface area contributed by atoms with Crippen molar-refractivity contribution in [3.63, 3.8) is 0 Å². The summed E-state index contributed by atoms with van der Waals surface area (Å²) in [6.45, 7) is 8.85. The highest BCUT2D eigenvalue weighted by Crippen LogP contribution is 2.16. The van der Waals surface area contributed by atoms with Crippen LogP contribution in [0.2, 0.25) is 0 Å². The highest BCUT2D eigenvalue weighted by molar-refractivity contribution is 5.92. The summed E-state index contributed by atoms with van der Waals surface area (Å²) in [4.78, 5) is 14.3. The third kappa shape index (κ3) is 4.58. The molecule has 1 aromatic rings. The molecule has 1 amide bonds.